The monoisotopic (exact) mass is 253 g/mol. The second kappa shape index (κ2) is 5.09. The van der Waals surface area contributed by atoms with Gasteiger partial charge in [0.1, 0.15) is 17.4 Å². The van der Waals surface area contributed by atoms with E-state index in [9.17, 15) is 4.79 Å². The van der Waals surface area contributed by atoms with Gasteiger partial charge in [0.2, 0.25) is 0 Å². The van der Waals surface area contributed by atoms with Gasteiger partial charge >= 0.3 is 0 Å². The first kappa shape index (κ1) is 11.1. The van der Waals surface area contributed by atoms with Crippen molar-refractivity contribution in [2.45, 2.75) is 6.61 Å². The lowest BCUT2D eigenvalue weighted by molar-refractivity contribution is 0.112. The van der Waals surface area contributed by atoms with Crippen LogP contribution in [0.25, 0.3) is 0 Å². The number of rotatable bonds is 4. The maximum Gasteiger partial charge on any atom is 0.161 e. The van der Waals surface area contributed by atoms with Crippen LogP contribution in [0.3, 0.4) is 0 Å². The summed E-state index contributed by atoms with van der Waals surface area (Å²) in [5.74, 6) is 0.618. The Hall–Kier alpha value is -1.39. The molecule has 3 nitrogen and oxygen atoms in total. The number of benzene rings is 1. The standard InChI is InChI=1S/C11H8ClNO2S/c12-9-3-1-2-4-10(9)15-7-11-13-5-8(6-14)16-11/h1-6H,7H2. The molecule has 2 rings (SSSR count). The SMILES string of the molecule is O=Cc1cnc(COc2ccccc2Cl)s1. The lowest BCUT2D eigenvalue weighted by Crippen LogP contribution is -1.94. The van der Waals surface area contributed by atoms with Crippen LogP contribution in [0.5, 0.6) is 5.75 Å². The number of halogens is 1. The van der Waals surface area contributed by atoms with Crippen LogP contribution in [0.2, 0.25) is 5.02 Å². The van der Waals surface area contributed by atoms with Crippen LogP contribution < -0.4 is 4.74 Å². The number of hydrogen-bond donors (Lipinski definition) is 0. The maximum absolute atomic E-state index is 10.5. The minimum atomic E-state index is 0.322. The molecule has 0 aliphatic carbocycles. The van der Waals surface area contributed by atoms with Crippen LogP contribution in [0.4, 0.5) is 0 Å². The van der Waals surface area contributed by atoms with E-state index in [0.29, 0.717) is 22.3 Å². The van der Waals surface area contributed by atoms with Gasteiger partial charge in [-0.3, -0.25) is 4.79 Å². The van der Waals surface area contributed by atoms with Gasteiger partial charge in [0.05, 0.1) is 9.90 Å². The number of carbonyl (C=O) groups excluding carboxylic acids is 1. The molecule has 1 heterocycles. The third-order valence-electron chi connectivity index (χ3n) is 1.88. The van der Waals surface area contributed by atoms with E-state index >= 15 is 0 Å². The highest BCUT2D eigenvalue weighted by atomic mass is 35.5. The fraction of sp³-hybridized carbons (Fsp3) is 0.0909. The van der Waals surface area contributed by atoms with Gasteiger partial charge in [-0.1, -0.05) is 23.7 Å². The number of carbonyl (C=O) groups is 1. The van der Waals surface area contributed by atoms with Gasteiger partial charge in [0, 0.05) is 6.20 Å². The molecular formula is C11H8ClNO2S. The highest BCUT2D eigenvalue weighted by molar-refractivity contribution is 7.13. The summed E-state index contributed by atoms with van der Waals surface area (Å²) in [6.45, 7) is 0.322. The van der Waals surface area contributed by atoms with E-state index in [1.807, 2.05) is 12.1 Å². The van der Waals surface area contributed by atoms with Gasteiger partial charge in [0.15, 0.2) is 6.29 Å². The van der Waals surface area contributed by atoms with Gasteiger partial charge < -0.3 is 4.74 Å². The van der Waals surface area contributed by atoms with Crippen molar-refractivity contribution in [3.8, 4) is 5.75 Å². The molecule has 0 amide bonds. The average molecular weight is 254 g/mol. The number of ether oxygens (including phenoxy) is 1. The topological polar surface area (TPSA) is 39.2 Å². The molecule has 0 radical (unpaired) electrons. The van der Waals surface area contributed by atoms with Crippen molar-refractivity contribution in [3.63, 3.8) is 0 Å². The van der Waals surface area contributed by atoms with Crippen molar-refractivity contribution in [1.29, 1.82) is 0 Å². The first-order valence-electron chi connectivity index (χ1n) is 4.57. The van der Waals surface area contributed by atoms with E-state index in [2.05, 4.69) is 4.98 Å². The molecule has 0 saturated carbocycles. The highest BCUT2D eigenvalue weighted by Crippen LogP contribution is 2.24. The van der Waals surface area contributed by atoms with Crippen LogP contribution in [0.15, 0.2) is 30.5 Å². The van der Waals surface area contributed by atoms with E-state index in [-0.39, 0.29) is 0 Å². The van der Waals surface area contributed by atoms with E-state index in [1.54, 1.807) is 12.1 Å². The zero-order chi connectivity index (χ0) is 11.4. The predicted octanol–water partition coefficient (Wildman–Crippen LogP) is 3.19. The van der Waals surface area contributed by atoms with Crippen molar-refractivity contribution in [1.82, 2.24) is 4.98 Å². The van der Waals surface area contributed by atoms with Crippen LogP contribution in [0.1, 0.15) is 14.7 Å². The molecule has 82 valence electrons. The summed E-state index contributed by atoms with van der Waals surface area (Å²) < 4.78 is 5.48. The minimum Gasteiger partial charge on any atom is -0.485 e. The van der Waals surface area contributed by atoms with Crippen molar-refractivity contribution < 1.29 is 9.53 Å². The third-order valence-corrected chi connectivity index (χ3v) is 3.08. The molecule has 0 N–H and O–H groups in total. The fourth-order valence-electron chi connectivity index (χ4n) is 1.15. The van der Waals surface area contributed by atoms with Crippen LogP contribution in [-0.4, -0.2) is 11.3 Å². The summed E-state index contributed by atoms with van der Waals surface area (Å²) in [5.41, 5.74) is 0. The Kier molecular flexibility index (Phi) is 3.54. The Morgan fingerprint density at radius 1 is 1.44 bits per heavy atom. The van der Waals surface area contributed by atoms with Crippen LogP contribution in [0, 0.1) is 0 Å². The molecule has 1 aromatic heterocycles. The summed E-state index contributed by atoms with van der Waals surface area (Å²) in [7, 11) is 0. The lowest BCUT2D eigenvalue weighted by atomic mass is 10.3. The van der Waals surface area contributed by atoms with Crippen molar-refractivity contribution in [2.24, 2.45) is 0 Å². The third kappa shape index (κ3) is 2.59. The average Bonchev–Trinajstić information content (AvgIpc) is 2.76. The summed E-state index contributed by atoms with van der Waals surface area (Å²) in [6, 6.07) is 7.23. The summed E-state index contributed by atoms with van der Waals surface area (Å²) >= 11 is 7.24. The van der Waals surface area contributed by atoms with E-state index in [1.165, 1.54) is 17.5 Å². The summed E-state index contributed by atoms with van der Waals surface area (Å²) in [5, 5.41) is 1.32. The zero-order valence-electron chi connectivity index (χ0n) is 8.22. The van der Waals surface area contributed by atoms with E-state index in [4.69, 9.17) is 16.3 Å². The number of hydrogen-bond acceptors (Lipinski definition) is 4. The summed E-state index contributed by atoms with van der Waals surface area (Å²) in [6.07, 6.45) is 2.31. The number of aromatic nitrogens is 1. The van der Waals surface area contributed by atoms with Gasteiger partial charge in [-0.05, 0) is 12.1 Å². The van der Waals surface area contributed by atoms with Crippen molar-refractivity contribution in [2.75, 3.05) is 0 Å². The van der Waals surface area contributed by atoms with Gasteiger partial charge in [-0.15, -0.1) is 11.3 Å². The maximum atomic E-state index is 10.5. The highest BCUT2D eigenvalue weighted by Gasteiger charge is 2.04. The molecule has 0 unspecified atom stereocenters. The predicted molar refractivity (Wildman–Crippen MR) is 63.3 cm³/mol. The second-order valence-corrected chi connectivity index (χ2v) is 4.55. The van der Waals surface area contributed by atoms with E-state index in [0.717, 1.165) is 11.3 Å². The Labute approximate surface area is 102 Å². The Morgan fingerprint density at radius 2 is 2.25 bits per heavy atom. The Balaban J connectivity index is 2.02. The Bertz CT molecular complexity index is 498. The molecule has 1 aromatic carbocycles. The van der Waals surface area contributed by atoms with Crippen molar-refractivity contribution >= 4 is 29.2 Å². The zero-order valence-corrected chi connectivity index (χ0v) is 9.79. The fourth-order valence-corrected chi connectivity index (χ4v) is 1.99. The number of para-hydroxylation sites is 1. The van der Waals surface area contributed by atoms with Crippen LogP contribution >= 0.6 is 22.9 Å². The van der Waals surface area contributed by atoms with Crippen molar-refractivity contribution in [3.05, 3.63) is 45.4 Å². The van der Waals surface area contributed by atoms with E-state index < -0.39 is 0 Å². The lowest BCUT2D eigenvalue weighted by Gasteiger charge is -2.04. The smallest absolute Gasteiger partial charge is 0.161 e. The normalized spacial score (nSPS) is 10.1. The summed E-state index contributed by atoms with van der Waals surface area (Å²) in [4.78, 5) is 15.1. The van der Waals surface area contributed by atoms with Gasteiger partial charge in [0.25, 0.3) is 0 Å². The molecule has 5 heteroatoms. The number of nitrogens with zero attached hydrogens (tertiary/aromatic N) is 1. The van der Waals surface area contributed by atoms with Crippen LogP contribution in [-0.2, 0) is 6.61 Å². The molecular weight excluding hydrogens is 246 g/mol. The molecule has 0 spiro atoms. The first-order chi connectivity index (χ1) is 7.79. The van der Waals surface area contributed by atoms with Gasteiger partial charge in [-0.2, -0.15) is 0 Å². The molecule has 0 bridgehead atoms. The van der Waals surface area contributed by atoms with Gasteiger partial charge in [-0.25, -0.2) is 4.98 Å². The first-order valence-corrected chi connectivity index (χ1v) is 5.76. The molecule has 0 aliphatic heterocycles. The largest absolute Gasteiger partial charge is 0.485 e. The molecule has 0 atom stereocenters. The molecule has 0 aliphatic rings. The molecule has 0 saturated heterocycles. The number of aldehydes is 1. The molecule has 2 aromatic rings. The minimum absolute atomic E-state index is 0.322. The molecule has 0 fully saturated rings. The Morgan fingerprint density at radius 3 is 2.94 bits per heavy atom. The second-order valence-electron chi connectivity index (χ2n) is 2.99. The molecule has 16 heavy (non-hydrogen) atoms. The quantitative estimate of drug-likeness (QED) is 0.786. The number of thiazole rings is 1.